The molecule has 2 heterocycles. The first-order valence-electron chi connectivity index (χ1n) is 6.74. The van der Waals surface area contributed by atoms with Gasteiger partial charge in [0.2, 0.25) is 0 Å². The summed E-state index contributed by atoms with van der Waals surface area (Å²) in [6, 6.07) is 10.2. The van der Waals surface area contributed by atoms with Crippen molar-refractivity contribution in [3.63, 3.8) is 0 Å². The molecular weight excluding hydrogens is 268 g/mol. The molecule has 3 rings (SSSR count). The number of aromatic nitrogens is 3. The fraction of sp³-hybridized carbons (Fsp3) is 0.267. The van der Waals surface area contributed by atoms with Crippen LogP contribution in [0.2, 0.25) is 0 Å². The van der Waals surface area contributed by atoms with E-state index in [1.165, 1.54) is 4.70 Å². The Morgan fingerprint density at radius 3 is 2.95 bits per heavy atom. The summed E-state index contributed by atoms with van der Waals surface area (Å²) in [6.07, 6.45) is 3.44. The molecule has 0 aliphatic heterocycles. The zero-order chi connectivity index (χ0) is 13.8. The minimum atomic E-state index is 0.753. The minimum absolute atomic E-state index is 0.753. The predicted octanol–water partition coefficient (Wildman–Crippen LogP) is 3.50. The fourth-order valence-electron chi connectivity index (χ4n) is 1.99. The minimum Gasteiger partial charge on any atom is -0.370 e. The topological polar surface area (TPSA) is 50.7 Å². The summed E-state index contributed by atoms with van der Waals surface area (Å²) < 4.78 is 1.22. The van der Waals surface area contributed by atoms with E-state index in [0.717, 1.165) is 41.4 Å². The lowest BCUT2D eigenvalue weighted by Crippen LogP contribution is -2.03. The van der Waals surface area contributed by atoms with Gasteiger partial charge < -0.3 is 5.32 Å². The van der Waals surface area contributed by atoms with Crippen LogP contribution in [0.15, 0.2) is 36.7 Å². The molecular formula is C15H16N4S. The van der Waals surface area contributed by atoms with Crippen LogP contribution in [0.25, 0.3) is 10.2 Å². The van der Waals surface area contributed by atoms with E-state index in [1.54, 1.807) is 17.7 Å². The molecule has 2 aromatic heterocycles. The number of hydrogen-bond donors (Lipinski definition) is 1. The lowest BCUT2D eigenvalue weighted by Gasteiger charge is -2.04. The standard InChI is InChI=1S/C15H16N4S/c1-2-7-16-14-8-11(17-10-18-14)9-15-19-12-5-3-4-6-13(12)20-15/h3-6,8,10H,2,7,9H2,1H3,(H,16,17,18). The Bertz CT molecular complexity index is 675. The third kappa shape index (κ3) is 2.93. The van der Waals surface area contributed by atoms with Crippen molar-refractivity contribution in [3.8, 4) is 0 Å². The van der Waals surface area contributed by atoms with Crippen LogP contribution >= 0.6 is 11.3 Å². The zero-order valence-corrected chi connectivity index (χ0v) is 12.2. The highest BCUT2D eigenvalue weighted by Crippen LogP contribution is 2.23. The Balaban J connectivity index is 1.79. The van der Waals surface area contributed by atoms with E-state index in [2.05, 4.69) is 33.3 Å². The van der Waals surface area contributed by atoms with Gasteiger partial charge in [0.15, 0.2) is 0 Å². The molecule has 20 heavy (non-hydrogen) atoms. The van der Waals surface area contributed by atoms with Crippen molar-refractivity contribution >= 4 is 27.4 Å². The third-order valence-corrected chi connectivity index (χ3v) is 3.99. The maximum absolute atomic E-state index is 4.64. The number of benzene rings is 1. The number of para-hydroxylation sites is 1. The second-order valence-corrected chi connectivity index (χ2v) is 5.69. The number of nitrogens with one attached hydrogen (secondary N) is 1. The van der Waals surface area contributed by atoms with Crippen LogP contribution in [0.5, 0.6) is 0 Å². The number of fused-ring (bicyclic) bond motifs is 1. The molecule has 5 heteroatoms. The highest BCUT2D eigenvalue weighted by Gasteiger charge is 2.06. The average molecular weight is 284 g/mol. The van der Waals surface area contributed by atoms with Crippen LogP contribution in [-0.2, 0) is 6.42 Å². The van der Waals surface area contributed by atoms with Crippen LogP contribution in [0.4, 0.5) is 5.82 Å². The molecule has 0 spiro atoms. The fourth-order valence-corrected chi connectivity index (χ4v) is 2.98. The van der Waals surface area contributed by atoms with Crippen LogP contribution < -0.4 is 5.32 Å². The van der Waals surface area contributed by atoms with E-state index in [9.17, 15) is 0 Å². The second-order valence-electron chi connectivity index (χ2n) is 4.57. The largest absolute Gasteiger partial charge is 0.370 e. The normalized spacial score (nSPS) is 10.8. The first-order valence-corrected chi connectivity index (χ1v) is 7.56. The van der Waals surface area contributed by atoms with Crippen LogP contribution in [0.1, 0.15) is 24.0 Å². The molecule has 0 radical (unpaired) electrons. The second kappa shape index (κ2) is 5.96. The quantitative estimate of drug-likeness (QED) is 0.779. The summed E-state index contributed by atoms with van der Waals surface area (Å²) in [5, 5.41) is 4.37. The number of thiazole rings is 1. The Hall–Kier alpha value is -2.01. The number of anilines is 1. The van der Waals surface area contributed by atoms with Crippen molar-refractivity contribution < 1.29 is 0 Å². The summed E-state index contributed by atoms with van der Waals surface area (Å²) >= 11 is 1.72. The van der Waals surface area contributed by atoms with Gasteiger partial charge in [-0.15, -0.1) is 11.3 Å². The highest BCUT2D eigenvalue weighted by atomic mass is 32.1. The molecule has 1 N–H and O–H groups in total. The first kappa shape index (κ1) is 13.0. The van der Waals surface area contributed by atoms with Gasteiger partial charge >= 0.3 is 0 Å². The monoisotopic (exact) mass is 284 g/mol. The van der Waals surface area contributed by atoms with Gasteiger partial charge in [0, 0.05) is 19.0 Å². The number of nitrogens with zero attached hydrogens (tertiary/aromatic N) is 3. The molecule has 0 unspecified atom stereocenters. The van der Waals surface area contributed by atoms with E-state index in [0.29, 0.717) is 0 Å². The van der Waals surface area contributed by atoms with Gasteiger partial charge in [-0.3, -0.25) is 0 Å². The zero-order valence-electron chi connectivity index (χ0n) is 11.3. The Labute approximate surface area is 121 Å². The van der Waals surface area contributed by atoms with Gasteiger partial charge in [-0.05, 0) is 18.6 Å². The molecule has 0 bridgehead atoms. The summed E-state index contributed by atoms with van der Waals surface area (Å²) in [5.74, 6) is 0.887. The van der Waals surface area contributed by atoms with Gasteiger partial charge in [0.1, 0.15) is 12.1 Å². The summed E-state index contributed by atoms with van der Waals surface area (Å²) in [6.45, 7) is 3.06. The molecule has 3 aromatic rings. The Kier molecular flexibility index (Phi) is 3.87. The predicted molar refractivity (Wildman–Crippen MR) is 83.2 cm³/mol. The van der Waals surface area contributed by atoms with Crippen LogP contribution in [-0.4, -0.2) is 21.5 Å². The van der Waals surface area contributed by atoms with Crippen molar-refractivity contribution in [2.24, 2.45) is 0 Å². The molecule has 0 saturated heterocycles. The van der Waals surface area contributed by atoms with Gasteiger partial charge in [0.25, 0.3) is 0 Å². The van der Waals surface area contributed by atoms with Crippen molar-refractivity contribution in [3.05, 3.63) is 47.4 Å². The van der Waals surface area contributed by atoms with Crippen molar-refractivity contribution in [2.75, 3.05) is 11.9 Å². The molecule has 102 valence electrons. The SMILES string of the molecule is CCCNc1cc(Cc2nc3ccccc3s2)ncn1. The average Bonchev–Trinajstić information content (AvgIpc) is 2.87. The van der Waals surface area contributed by atoms with E-state index in [-0.39, 0.29) is 0 Å². The lowest BCUT2D eigenvalue weighted by atomic mass is 10.3. The summed E-state index contributed by atoms with van der Waals surface area (Å²) in [7, 11) is 0. The van der Waals surface area contributed by atoms with Gasteiger partial charge in [-0.2, -0.15) is 0 Å². The Morgan fingerprint density at radius 2 is 2.10 bits per heavy atom. The summed E-state index contributed by atoms with van der Waals surface area (Å²) in [4.78, 5) is 13.2. The van der Waals surface area contributed by atoms with Gasteiger partial charge in [-0.25, -0.2) is 15.0 Å². The highest BCUT2D eigenvalue weighted by molar-refractivity contribution is 7.18. The van der Waals surface area contributed by atoms with E-state index < -0.39 is 0 Å². The third-order valence-electron chi connectivity index (χ3n) is 2.95. The lowest BCUT2D eigenvalue weighted by molar-refractivity contribution is 0.952. The molecule has 0 saturated carbocycles. The molecule has 4 nitrogen and oxygen atoms in total. The van der Waals surface area contributed by atoms with E-state index in [4.69, 9.17) is 0 Å². The van der Waals surface area contributed by atoms with Crippen molar-refractivity contribution in [1.29, 1.82) is 0 Å². The smallest absolute Gasteiger partial charge is 0.129 e. The number of hydrogen-bond acceptors (Lipinski definition) is 5. The molecule has 1 aromatic carbocycles. The molecule has 0 aliphatic rings. The number of rotatable bonds is 5. The first-order chi connectivity index (χ1) is 9.85. The van der Waals surface area contributed by atoms with E-state index >= 15 is 0 Å². The molecule has 0 fully saturated rings. The molecule has 0 amide bonds. The molecule has 0 aliphatic carbocycles. The van der Waals surface area contributed by atoms with Crippen molar-refractivity contribution in [1.82, 2.24) is 15.0 Å². The van der Waals surface area contributed by atoms with E-state index in [1.807, 2.05) is 24.3 Å². The van der Waals surface area contributed by atoms with Gasteiger partial charge in [-0.1, -0.05) is 19.1 Å². The van der Waals surface area contributed by atoms with Crippen LogP contribution in [0, 0.1) is 0 Å². The van der Waals surface area contributed by atoms with Gasteiger partial charge in [0.05, 0.1) is 20.9 Å². The van der Waals surface area contributed by atoms with Crippen molar-refractivity contribution in [2.45, 2.75) is 19.8 Å². The molecule has 0 atom stereocenters. The van der Waals surface area contributed by atoms with Crippen LogP contribution in [0.3, 0.4) is 0 Å². The maximum atomic E-state index is 4.64. The maximum Gasteiger partial charge on any atom is 0.129 e. The summed E-state index contributed by atoms with van der Waals surface area (Å²) in [5.41, 5.74) is 2.06. The Morgan fingerprint density at radius 1 is 1.20 bits per heavy atom.